The van der Waals surface area contributed by atoms with Crippen LogP contribution in [0.5, 0.6) is 0 Å². The summed E-state index contributed by atoms with van der Waals surface area (Å²) in [4.78, 5) is 9.05. The Kier molecular flexibility index (Phi) is 7.57. The molecule has 0 spiro atoms. The second-order valence-electron chi connectivity index (χ2n) is 4.15. The molecule has 0 aromatic carbocycles. The zero-order valence-electron chi connectivity index (χ0n) is 11.6. The molecule has 1 aromatic heterocycles. The molecule has 0 fully saturated rings. The molecule has 0 amide bonds. The monoisotopic (exact) mass is 268 g/mol. The Labute approximate surface area is 114 Å². The summed E-state index contributed by atoms with van der Waals surface area (Å²) >= 11 is 1.83. The minimum atomic E-state index is 0.922. The zero-order chi connectivity index (χ0) is 13.2. The standard InChI is InChI=1S/C13H24N4S/c1-4-6-11-16-12(14-7-5-2)10-13(17-11)15-8-9-18-3/h10H,4-9H2,1-3H3,(H2,14,15,16,17). The van der Waals surface area contributed by atoms with Crippen LogP contribution in [0.25, 0.3) is 0 Å². The van der Waals surface area contributed by atoms with Crippen molar-refractivity contribution < 1.29 is 0 Å². The van der Waals surface area contributed by atoms with Crippen LogP contribution in [0.4, 0.5) is 11.6 Å². The van der Waals surface area contributed by atoms with E-state index in [1.54, 1.807) is 0 Å². The number of aromatic nitrogens is 2. The van der Waals surface area contributed by atoms with E-state index in [1.165, 1.54) is 0 Å². The predicted molar refractivity (Wildman–Crippen MR) is 81.7 cm³/mol. The molecular formula is C13H24N4S. The number of nitrogens with one attached hydrogen (secondary N) is 2. The highest BCUT2D eigenvalue weighted by Gasteiger charge is 2.03. The van der Waals surface area contributed by atoms with Gasteiger partial charge in [-0.2, -0.15) is 11.8 Å². The van der Waals surface area contributed by atoms with Crippen molar-refractivity contribution in [3.8, 4) is 0 Å². The van der Waals surface area contributed by atoms with Crippen molar-refractivity contribution in [2.75, 3.05) is 35.7 Å². The summed E-state index contributed by atoms with van der Waals surface area (Å²) in [7, 11) is 0. The first-order chi connectivity index (χ1) is 8.80. The van der Waals surface area contributed by atoms with Gasteiger partial charge >= 0.3 is 0 Å². The highest BCUT2D eigenvalue weighted by Crippen LogP contribution is 2.12. The molecule has 0 saturated carbocycles. The number of rotatable bonds is 9. The Bertz CT molecular complexity index is 344. The van der Waals surface area contributed by atoms with Gasteiger partial charge in [-0.15, -0.1) is 0 Å². The molecule has 102 valence electrons. The van der Waals surface area contributed by atoms with E-state index in [0.717, 1.165) is 55.6 Å². The lowest BCUT2D eigenvalue weighted by atomic mass is 10.3. The first-order valence-corrected chi connectivity index (χ1v) is 8.04. The molecule has 5 heteroatoms. The Morgan fingerprint density at radius 2 is 1.72 bits per heavy atom. The second-order valence-corrected chi connectivity index (χ2v) is 5.14. The highest BCUT2D eigenvalue weighted by atomic mass is 32.2. The van der Waals surface area contributed by atoms with Crippen LogP contribution < -0.4 is 10.6 Å². The minimum Gasteiger partial charge on any atom is -0.370 e. The molecule has 0 aliphatic rings. The molecule has 4 nitrogen and oxygen atoms in total. The molecule has 0 atom stereocenters. The summed E-state index contributed by atoms with van der Waals surface area (Å²) in [5.74, 6) is 3.87. The van der Waals surface area contributed by atoms with Gasteiger partial charge in [0.25, 0.3) is 0 Å². The van der Waals surface area contributed by atoms with Gasteiger partial charge in [-0.3, -0.25) is 0 Å². The SMILES string of the molecule is CCCNc1cc(NCCSC)nc(CCC)n1. The maximum absolute atomic E-state index is 4.53. The van der Waals surface area contributed by atoms with Crippen LogP contribution in [0, 0.1) is 0 Å². The number of thioether (sulfide) groups is 1. The minimum absolute atomic E-state index is 0.922. The van der Waals surface area contributed by atoms with Gasteiger partial charge in [0.1, 0.15) is 17.5 Å². The van der Waals surface area contributed by atoms with Crippen LogP contribution in [0.1, 0.15) is 32.5 Å². The lowest BCUT2D eigenvalue weighted by Gasteiger charge is -2.10. The Balaban J connectivity index is 2.70. The van der Waals surface area contributed by atoms with E-state index in [-0.39, 0.29) is 0 Å². The first-order valence-electron chi connectivity index (χ1n) is 6.64. The van der Waals surface area contributed by atoms with Crippen molar-refractivity contribution in [2.45, 2.75) is 33.1 Å². The Morgan fingerprint density at radius 3 is 2.28 bits per heavy atom. The van der Waals surface area contributed by atoms with Gasteiger partial charge in [-0.25, -0.2) is 9.97 Å². The fraction of sp³-hybridized carbons (Fsp3) is 0.692. The van der Waals surface area contributed by atoms with Crippen molar-refractivity contribution in [1.82, 2.24) is 9.97 Å². The largest absolute Gasteiger partial charge is 0.370 e. The maximum atomic E-state index is 4.53. The lowest BCUT2D eigenvalue weighted by Crippen LogP contribution is -2.10. The quantitative estimate of drug-likeness (QED) is 0.674. The van der Waals surface area contributed by atoms with Gasteiger partial charge in [0.05, 0.1) is 0 Å². The number of hydrogen-bond acceptors (Lipinski definition) is 5. The summed E-state index contributed by atoms with van der Waals surface area (Å²) in [6.45, 7) is 6.19. The molecule has 1 heterocycles. The van der Waals surface area contributed by atoms with E-state index < -0.39 is 0 Å². The third-order valence-corrected chi connectivity index (χ3v) is 3.03. The normalized spacial score (nSPS) is 10.4. The Hall–Kier alpha value is -0.970. The van der Waals surface area contributed by atoms with Crippen molar-refractivity contribution >= 4 is 23.4 Å². The molecule has 1 aromatic rings. The molecular weight excluding hydrogens is 244 g/mol. The van der Waals surface area contributed by atoms with Crippen molar-refractivity contribution in [1.29, 1.82) is 0 Å². The van der Waals surface area contributed by atoms with Crippen LogP contribution in [-0.2, 0) is 6.42 Å². The van der Waals surface area contributed by atoms with Crippen LogP contribution in [-0.4, -0.2) is 35.1 Å². The summed E-state index contributed by atoms with van der Waals surface area (Å²) < 4.78 is 0. The molecule has 0 unspecified atom stereocenters. The van der Waals surface area contributed by atoms with E-state index >= 15 is 0 Å². The van der Waals surface area contributed by atoms with Crippen LogP contribution in [0.2, 0.25) is 0 Å². The second kappa shape index (κ2) is 9.03. The smallest absolute Gasteiger partial charge is 0.133 e. The molecule has 0 radical (unpaired) electrons. The molecule has 2 N–H and O–H groups in total. The number of hydrogen-bond donors (Lipinski definition) is 2. The van der Waals surface area contributed by atoms with E-state index in [4.69, 9.17) is 0 Å². The average molecular weight is 268 g/mol. The predicted octanol–water partition coefficient (Wildman–Crippen LogP) is 3.03. The highest BCUT2D eigenvalue weighted by molar-refractivity contribution is 7.98. The fourth-order valence-electron chi connectivity index (χ4n) is 1.55. The van der Waals surface area contributed by atoms with Crippen LogP contribution >= 0.6 is 11.8 Å². The molecule has 0 bridgehead atoms. The maximum Gasteiger partial charge on any atom is 0.133 e. The van der Waals surface area contributed by atoms with E-state index in [9.17, 15) is 0 Å². The van der Waals surface area contributed by atoms with Gasteiger partial charge in [0.15, 0.2) is 0 Å². The van der Waals surface area contributed by atoms with Crippen LogP contribution in [0.15, 0.2) is 6.07 Å². The van der Waals surface area contributed by atoms with Crippen molar-refractivity contribution in [2.24, 2.45) is 0 Å². The summed E-state index contributed by atoms with van der Waals surface area (Å²) in [6.07, 6.45) is 5.21. The van der Waals surface area contributed by atoms with Gasteiger partial charge in [-0.05, 0) is 19.1 Å². The average Bonchev–Trinajstić information content (AvgIpc) is 2.37. The lowest BCUT2D eigenvalue weighted by molar-refractivity contribution is 0.832. The van der Waals surface area contributed by atoms with Gasteiger partial charge in [-0.1, -0.05) is 13.8 Å². The number of anilines is 2. The van der Waals surface area contributed by atoms with Crippen LogP contribution in [0.3, 0.4) is 0 Å². The third kappa shape index (κ3) is 5.58. The Morgan fingerprint density at radius 1 is 1.06 bits per heavy atom. The van der Waals surface area contributed by atoms with Gasteiger partial charge < -0.3 is 10.6 Å². The fourth-order valence-corrected chi connectivity index (χ4v) is 1.85. The molecule has 0 aliphatic heterocycles. The van der Waals surface area contributed by atoms with E-state index in [2.05, 4.69) is 40.7 Å². The van der Waals surface area contributed by atoms with E-state index in [0.29, 0.717) is 0 Å². The summed E-state index contributed by atoms with van der Waals surface area (Å²) in [6, 6.07) is 2.00. The molecule has 0 saturated heterocycles. The summed E-state index contributed by atoms with van der Waals surface area (Å²) in [5, 5.41) is 6.68. The number of aryl methyl sites for hydroxylation is 1. The van der Waals surface area contributed by atoms with Gasteiger partial charge in [0.2, 0.25) is 0 Å². The molecule has 18 heavy (non-hydrogen) atoms. The molecule has 0 aliphatic carbocycles. The topological polar surface area (TPSA) is 49.8 Å². The summed E-state index contributed by atoms with van der Waals surface area (Å²) in [5.41, 5.74) is 0. The zero-order valence-corrected chi connectivity index (χ0v) is 12.4. The van der Waals surface area contributed by atoms with E-state index in [1.807, 2.05) is 17.8 Å². The van der Waals surface area contributed by atoms with Crippen molar-refractivity contribution in [3.63, 3.8) is 0 Å². The third-order valence-electron chi connectivity index (χ3n) is 2.41. The first kappa shape index (κ1) is 15.1. The van der Waals surface area contributed by atoms with Gasteiger partial charge in [0, 0.05) is 31.3 Å². The number of nitrogens with zero attached hydrogens (tertiary/aromatic N) is 2. The van der Waals surface area contributed by atoms with Crippen molar-refractivity contribution in [3.05, 3.63) is 11.9 Å². The molecule has 1 rings (SSSR count).